The highest BCUT2D eigenvalue weighted by molar-refractivity contribution is 6.18. The normalized spacial score (nSPS) is 11.2. The minimum absolute atomic E-state index is 0.643. The van der Waals surface area contributed by atoms with Crippen molar-refractivity contribution in [2.24, 2.45) is 7.05 Å². The molecule has 0 unspecified atom stereocenters. The fraction of sp³-hybridized carbons (Fsp3) is 0.700. The monoisotopic (exact) mass is 231 g/mol. The standard InChI is InChI=1S/C10H18ClN3O/c1-13-8-10(7-12-13)9-14(4-3-11)5-6-15-2/h7-8H,3-6,9H2,1-2H3. The van der Waals surface area contributed by atoms with Gasteiger partial charge >= 0.3 is 0 Å². The molecule has 15 heavy (non-hydrogen) atoms. The van der Waals surface area contributed by atoms with Crippen LogP contribution in [0.1, 0.15) is 5.56 Å². The Morgan fingerprint density at radius 2 is 2.33 bits per heavy atom. The molecule has 0 aliphatic rings. The van der Waals surface area contributed by atoms with Gasteiger partial charge in [-0.15, -0.1) is 11.6 Å². The van der Waals surface area contributed by atoms with Crippen molar-refractivity contribution in [3.8, 4) is 0 Å². The summed E-state index contributed by atoms with van der Waals surface area (Å²) >= 11 is 5.74. The smallest absolute Gasteiger partial charge is 0.0589 e. The minimum atomic E-state index is 0.643. The van der Waals surface area contributed by atoms with Crippen LogP contribution >= 0.6 is 11.6 Å². The highest BCUT2D eigenvalue weighted by Crippen LogP contribution is 2.03. The molecule has 0 fully saturated rings. The third kappa shape index (κ3) is 4.64. The van der Waals surface area contributed by atoms with Gasteiger partial charge < -0.3 is 4.74 Å². The summed E-state index contributed by atoms with van der Waals surface area (Å²) in [4.78, 5) is 2.26. The molecule has 1 aromatic rings. The van der Waals surface area contributed by atoms with Crippen molar-refractivity contribution in [1.29, 1.82) is 0 Å². The Morgan fingerprint density at radius 1 is 1.53 bits per heavy atom. The summed E-state index contributed by atoms with van der Waals surface area (Å²) in [5, 5.41) is 4.14. The van der Waals surface area contributed by atoms with E-state index >= 15 is 0 Å². The van der Waals surface area contributed by atoms with Crippen LogP contribution in [0.3, 0.4) is 0 Å². The van der Waals surface area contributed by atoms with Crippen LogP contribution in [0.25, 0.3) is 0 Å². The lowest BCUT2D eigenvalue weighted by atomic mass is 10.3. The Balaban J connectivity index is 2.42. The molecule has 0 atom stereocenters. The number of rotatable bonds is 7. The van der Waals surface area contributed by atoms with E-state index in [-0.39, 0.29) is 0 Å². The van der Waals surface area contributed by atoms with Crippen LogP contribution in [0.4, 0.5) is 0 Å². The fourth-order valence-corrected chi connectivity index (χ4v) is 1.66. The second kappa shape index (κ2) is 6.82. The fourth-order valence-electron chi connectivity index (χ4n) is 1.42. The van der Waals surface area contributed by atoms with Crippen LogP contribution in [0.2, 0.25) is 0 Å². The zero-order chi connectivity index (χ0) is 11.1. The third-order valence-corrected chi connectivity index (χ3v) is 2.35. The van der Waals surface area contributed by atoms with Crippen molar-refractivity contribution in [2.45, 2.75) is 6.54 Å². The maximum absolute atomic E-state index is 5.74. The van der Waals surface area contributed by atoms with Gasteiger partial charge in [0.15, 0.2) is 0 Å². The second-order valence-corrected chi connectivity index (χ2v) is 3.86. The number of hydrogen-bond donors (Lipinski definition) is 0. The predicted molar refractivity (Wildman–Crippen MR) is 61.1 cm³/mol. The van der Waals surface area contributed by atoms with Crippen molar-refractivity contribution in [1.82, 2.24) is 14.7 Å². The van der Waals surface area contributed by atoms with Crippen molar-refractivity contribution < 1.29 is 4.74 Å². The topological polar surface area (TPSA) is 30.3 Å². The SMILES string of the molecule is COCCN(CCCl)Cc1cnn(C)c1. The third-order valence-electron chi connectivity index (χ3n) is 2.18. The van der Waals surface area contributed by atoms with Gasteiger partial charge in [-0.1, -0.05) is 0 Å². The molecule has 0 aliphatic carbocycles. The lowest BCUT2D eigenvalue weighted by molar-refractivity contribution is 0.148. The molecule has 1 heterocycles. The number of alkyl halides is 1. The zero-order valence-corrected chi connectivity index (χ0v) is 10.1. The van der Waals surface area contributed by atoms with E-state index < -0.39 is 0 Å². The zero-order valence-electron chi connectivity index (χ0n) is 9.32. The highest BCUT2D eigenvalue weighted by atomic mass is 35.5. The second-order valence-electron chi connectivity index (χ2n) is 3.48. The van der Waals surface area contributed by atoms with Crippen molar-refractivity contribution in [3.63, 3.8) is 0 Å². The van der Waals surface area contributed by atoms with E-state index in [9.17, 15) is 0 Å². The van der Waals surface area contributed by atoms with E-state index in [0.29, 0.717) is 5.88 Å². The number of ether oxygens (including phenoxy) is 1. The van der Waals surface area contributed by atoms with Gasteiger partial charge in [-0.2, -0.15) is 5.10 Å². The summed E-state index contributed by atoms with van der Waals surface area (Å²) in [5.74, 6) is 0.643. The summed E-state index contributed by atoms with van der Waals surface area (Å²) in [5.41, 5.74) is 1.21. The summed E-state index contributed by atoms with van der Waals surface area (Å²) in [6.07, 6.45) is 3.90. The molecule has 5 heteroatoms. The van der Waals surface area contributed by atoms with Crippen LogP contribution in [0.15, 0.2) is 12.4 Å². The van der Waals surface area contributed by atoms with Crippen LogP contribution in [0, 0.1) is 0 Å². The van der Waals surface area contributed by atoms with E-state index in [1.165, 1.54) is 5.56 Å². The molecule has 1 rings (SSSR count). The molecule has 0 radical (unpaired) electrons. The van der Waals surface area contributed by atoms with Gasteiger partial charge in [0.25, 0.3) is 0 Å². The van der Waals surface area contributed by atoms with E-state index in [1.807, 2.05) is 24.1 Å². The van der Waals surface area contributed by atoms with Crippen molar-refractivity contribution in [3.05, 3.63) is 18.0 Å². The quantitative estimate of drug-likeness (QED) is 0.659. The highest BCUT2D eigenvalue weighted by Gasteiger charge is 2.06. The number of halogens is 1. The van der Waals surface area contributed by atoms with Gasteiger partial charge in [-0.25, -0.2) is 0 Å². The van der Waals surface area contributed by atoms with E-state index in [1.54, 1.807) is 7.11 Å². The van der Waals surface area contributed by atoms with Crippen LogP contribution in [-0.2, 0) is 18.3 Å². The Hall–Kier alpha value is -0.580. The number of aromatic nitrogens is 2. The molecule has 0 amide bonds. The number of nitrogens with zero attached hydrogens (tertiary/aromatic N) is 3. The number of hydrogen-bond acceptors (Lipinski definition) is 3. The van der Waals surface area contributed by atoms with Gasteiger partial charge in [-0.3, -0.25) is 9.58 Å². The molecular weight excluding hydrogens is 214 g/mol. The number of aryl methyl sites for hydroxylation is 1. The van der Waals surface area contributed by atoms with Gasteiger partial charge in [0, 0.05) is 51.4 Å². The van der Waals surface area contributed by atoms with E-state index in [2.05, 4.69) is 10.00 Å². The maximum Gasteiger partial charge on any atom is 0.0589 e. The average Bonchev–Trinajstić information content (AvgIpc) is 2.61. The summed E-state index contributed by atoms with van der Waals surface area (Å²) < 4.78 is 6.87. The van der Waals surface area contributed by atoms with E-state index in [0.717, 1.165) is 26.2 Å². The van der Waals surface area contributed by atoms with Crippen LogP contribution in [-0.4, -0.2) is 47.4 Å². The molecule has 0 saturated heterocycles. The first-order chi connectivity index (χ1) is 7.26. The first-order valence-electron chi connectivity index (χ1n) is 5.01. The van der Waals surface area contributed by atoms with Gasteiger partial charge in [0.2, 0.25) is 0 Å². The molecule has 0 saturated carbocycles. The lowest BCUT2D eigenvalue weighted by Gasteiger charge is -2.19. The Kier molecular flexibility index (Phi) is 5.68. The van der Waals surface area contributed by atoms with Crippen molar-refractivity contribution in [2.75, 3.05) is 32.7 Å². The first-order valence-corrected chi connectivity index (χ1v) is 5.54. The largest absolute Gasteiger partial charge is 0.383 e. The summed E-state index contributed by atoms with van der Waals surface area (Å²) in [6.45, 7) is 3.39. The molecule has 4 nitrogen and oxygen atoms in total. The van der Waals surface area contributed by atoms with Crippen LogP contribution in [0.5, 0.6) is 0 Å². The van der Waals surface area contributed by atoms with Gasteiger partial charge in [0.1, 0.15) is 0 Å². The molecular formula is C10H18ClN3O. The lowest BCUT2D eigenvalue weighted by Crippen LogP contribution is -2.28. The van der Waals surface area contributed by atoms with E-state index in [4.69, 9.17) is 16.3 Å². The average molecular weight is 232 g/mol. The molecule has 0 aromatic carbocycles. The van der Waals surface area contributed by atoms with Gasteiger partial charge in [0.05, 0.1) is 12.8 Å². The minimum Gasteiger partial charge on any atom is -0.383 e. The molecule has 0 aliphatic heterocycles. The Labute approximate surface area is 95.8 Å². The Morgan fingerprint density at radius 3 is 2.87 bits per heavy atom. The predicted octanol–water partition coefficient (Wildman–Crippen LogP) is 1.11. The molecule has 0 N–H and O–H groups in total. The molecule has 0 bridgehead atoms. The van der Waals surface area contributed by atoms with Gasteiger partial charge in [-0.05, 0) is 0 Å². The maximum atomic E-state index is 5.74. The first kappa shape index (κ1) is 12.5. The number of methoxy groups -OCH3 is 1. The summed E-state index contributed by atoms with van der Waals surface area (Å²) in [6, 6.07) is 0. The van der Waals surface area contributed by atoms with Crippen molar-refractivity contribution >= 4 is 11.6 Å². The molecule has 0 spiro atoms. The summed E-state index contributed by atoms with van der Waals surface area (Å²) in [7, 11) is 3.63. The van der Waals surface area contributed by atoms with Crippen LogP contribution < -0.4 is 0 Å². The Bertz CT molecular complexity index is 277. The molecule has 1 aromatic heterocycles. The molecule has 86 valence electrons.